The summed E-state index contributed by atoms with van der Waals surface area (Å²) in [7, 11) is 0. The number of carbonyl (C=O) groups is 1. The lowest BCUT2D eigenvalue weighted by Gasteiger charge is -2.24. The molecule has 4 aromatic rings. The molecule has 0 radical (unpaired) electrons. The molecule has 1 aliphatic rings. The molecule has 1 heterocycles. The molecule has 6 nitrogen and oxygen atoms in total. The first-order valence-electron chi connectivity index (χ1n) is 8.62. The Morgan fingerprint density at radius 2 is 1.52 bits per heavy atom. The lowest BCUT2D eigenvalue weighted by Crippen LogP contribution is -2.24. The average Bonchev–Trinajstić information content (AvgIpc) is 3.26. The van der Waals surface area contributed by atoms with Crippen LogP contribution in [0.3, 0.4) is 0 Å². The predicted octanol–water partition coefficient (Wildman–Crippen LogP) is 4.44. The molecule has 5 rings (SSSR count). The van der Waals surface area contributed by atoms with Gasteiger partial charge in [-0.2, -0.15) is 0 Å². The highest BCUT2D eigenvalue weighted by atomic mass is 16.7. The molecule has 0 bridgehead atoms. The van der Waals surface area contributed by atoms with Gasteiger partial charge in [0.05, 0.1) is 11.4 Å². The predicted molar refractivity (Wildman–Crippen MR) is 99.4 cm³/mol. The maximum Gasteiger partial charge on any atom is 0.507 e. The smallest absolute Gasteiger partial charge is 0.450 e. The highest BCUT2D eigenvalue weighted by Crippen LogP contribution is 2.50. The first-order valence-corrected chi connectivity index (χ1v) is 8.62. The Labute approximate surface area is 154 Å². The van der Waals surface area contributed by atoms with E-state index in [2.05, 4.69) is 10.3 Å². The Morgan fingerprint density at radius 3 is 2.19 bits per heavy atom. The fourth-order valence-electron chi connectivity index (χ4n) is 3.94. The van der Waals surface area contributed by atoms with Crippen LogP contribution in [0.4, 0.5) is 4.79 Å². The van der Waals surface area contributed by atoms with Gasteiger partial charge >= 0.3 is 6.16 Å². The molecule has 6 heteroatoms. The molecule has 0 spiro atoms. The normalized spacial score (nSPS) is 13.9. The van der Waals surface area contributed by atoms with Crippen LogP contribution < -0.4 is 0 Å². The van der Waals surface area contributed by atoms with Crippen molar-refractivity contribution in [3.05, 3.63) is 83.9 Å². The molecule has 0 fully saturated rings. The van der Waals surface area contributed by atoms with E-state index in [1.54, 1.807) is 4.68 Å². The van der Waals surface area contributed by atoms with Crippen LogP contribution in [-0.2, 0) is 4.74 Å². The quantitative estimate of drug-likeness (QED) is 0.549. The molecular weight excluding hydrogens is 342 g/mol. The van der Waals surface area contributed by atoms with E-state index in [-0.39, 0.29) is 5.92 Å². The second-order valence-corrected chi connectivity index (χ2v) is 6.45. The van der Waals surface area contributed by atoms with Crippen molar-refractivity contribution < 1.29 is 14.6 Å². The summed E-state index contributed by atoms with van der Waals surface area (Å²) < 4.78 is 6.94. The number of benzene rings is 3. The summed E-state index contributed by atoms with van der Waals surface area (Å²) in [5, 5.41) is 17.8. The van der Waals surface area contributed by atoms with Gasteiger partial charge in [-0.15, -0.1) is 5.10 Å². The number of nitrogens with zero attached hydrogens (tertiary/aromatic N) is 3. The van der Waals surface area contributed by atoms with E-state index in [0.717, 1.165) is 27.8 Å². The van der Waals surface area contributed by atoms with Gasteiger partial charge in [-0.3, -0.25) is 0 Å². The van der Waals surface area contributed by atoms with E-state index < -0.39 is 12.4 Å². The zero-order chi connectivity index (χ0) is 18.4. The molecule has 1 unspecified atom stereocenters. The van der Waals surface area contributed by atoms with Crippen LogP contribution in [0.5, 0.6) is 0 Å². The standard InChI is InChI=1S/C21H15N3O3/c25-21(26)27-20(24-18-12-6-5-11-17(18)22-23-24)19-15-9-3-1-7-13(15)14-8-2-4-10-16(14)19/h1-12,19-20H,(H,25,26). The van der Waals surface area contributed by atoms with Crippen molar-refractivity contribution in [2.45, 2.75) is 12.1 Å². The molecule has 0 amide bonds. The number of hydrogen-bond acceptors (Lipinski definition) is 4. The molecule has 0 saturated carbocycles. The lowest BCUT2D eigenvalue weighted by molar-refractivity contribution is 0.00486. The Morgan fingerprint density at radius 1 is 0.926 bits per heavy atom. The molecule has 0 aliphatic heterocycles. The van der Waals surface area contributed by atoms with E-state index >= 15 is 0 Å². The fraction of sp³-hybridized carbons (Fsp3) is 0.0952. The summed E-state index contributed by atoms with van der Waals surface area (Å²) in [5.41, 5.74) is 5.62. The van der Waals surface area contributed by atoms with Gasteiger partial charge in [0.25, 0.3) is 0 Å². The second-order valence-electron chi connectivity index (χ2n) is 6.45. The zero-order valence-electron chi connectivity index (χ0n) is 14.2. The minimum Gasteiger partial charge on any atom is -0.450 e. The van der Waals surface area contributed by atoms with Gasteiger partial charge in [-0.05, 0) is 34.4 Å². The highest BCUT2D eigenvalue weighted by molar-refractivity contribution is 5.80. The van der Waals surface area contributed by atoms with Gasteiger partial charge in [0.2, 0.25) is 6.23 Å². The summed E-state index contributed by atoms with van der Waals surface area (Å²) in [4.78, 5) is 11.5. The number of hydrogen-bond donors (Lipinski definition) is 1. The monoisotopic (exact) mass is 357 g/mol. The van der Waals surface area contributed by atoms with E-state index in [4.69, 9.17) is 4.74 Å². The summed E-state index contributed by atoms with van der Waals surface area (Å²) >= 11 is 0. The zero-order valence-corrected chi connectivity index (χ0v) is 14.2. The van der Waals surface area contributed by atoms with Crippen LogP contribution in [-0.4, -0.2) is 26.3 Å². The number of carboxylic acid groups (broad SMARTS) is 1. The molecular formula is C21H15N3O3. The first kappa shape index (κ1) is 15.6. The number of aromatic nitrogens is 3. The maximum atomic E-state index is 11.5. The topological polar surface area (TPSA) is 77.2 Å². The second kappa shape index (κ2) is 5.95. The molecule has 1 aliphatic carbocycles. The van der Waals surface area contributed by atoms with Crippen molar-refractivity contribution >= 4 is 17.2 Å². The Balaban J connectivity index is 1.75. The molecule has 0 saturated heterocycles. The van der Waals surface area contributed by atoms with Crippen molar-refractivity contribution in [2.75, 3.05) is 0 Å². The summed E-state index contributed by atoms with van der Waals surface area (Å²) in [5.74, 6) is -0.307. The fourth-order valence-corrected chi connectivity index (χ4v) is 3.94. The van der Waals surface area contributed by atoms with Crippen molar-refractivity contribution in [2.24, 2.45) is 0 Å². The van der Waals surface area contributed by atoms with Crippen molar-refractivity contribution in [1.82, 2.24) is 15.0 Å². The summed E-state index contributed by atoms with van der Waals surface area (Å²) in [6.45, 7) is 0. The molecule has 3 aromatic carbocycles. The molecule has 1 N–H and O–H groups in total. The SMILES string of the molecule is O=C(O)OC(C1c2ccccc2-c2ccccc21)n1nnc2ccccc21. The number of rotatable bonds is 3. The van der Waals surface area contributed by atoms with Crippen molar-refractivity contribution in [3.63, 3.8) is 0 Å². The highest BCUT2D eigenvalue weighted by Gasteiger charge is 2.38. The Kier molecular flexibility index (Phi) is 3.43. The van der Waals surface area contributed by atoms with Gasteiger partial charge in [-0.25, -0.2) is 9.48 Å². The van der Waals surface area contributed by atoms with E-state index in [0.29, 0.717) is 5.52 Å². The van der Waals surface area contributed by atoms with Crippen LogP contribution in [0.25, 0.3) is 22.2 Å². The largest absolute Gasteiger partial charge is 0.507 e. The van der Waals surface area contributed by atoms with Gasteiger partial charge < -0.3 is 9.84 Å². The van der Waals surface area contributed by atoms with Crippen LogP contribution in [0, 0.1) is 0 Å². The Hall–Kier alpha value is -3.67. The third-order valence-corrected chi connectivity index (χ3v) is 5.01. The van der Waals surface area contributed by atoms with E-state index in [9.17, 15) is 9.90 Å². The van der Waals surface area contributed by atoms with Crippen molar-refractivity contribution in [3.8, 4) is 11.1 Å². The minimum atomic E-state index is -1.35. The van der Waals surface area contributed by atoms with Gasteiger partial charge in [0.15, 0.2) is 0 Å². The lowest BCUT2D eigenvalue weighted by atomic mass is 9.95. The van der Waals surface area contributed by atoms with Gasteiger partial charge in [-0.1, -0.05) is 65.9 Å². The van der Waals surface area contributed by atoms with Crippen LogP contribution in [0.2, 0.25) is 0 Å². The summed E-state index contributed by atoms with van der Waals surface area (Å²) in [6, 6.07) is 23.4. The molecule has 1 atom stereocenters. The van der Waals surface area contributed by atoms with Crippen molar-refractivity contribution in [1.29, 1.82) is 0 Å². The number of ether oxygens (including phenoxy) is 1. The summed E-state index contributed by atoms with van der Waals surface area (Å²) in [6.07, 6.45) is -2.21. The third-order valence-electron chi connectivity index (χ3n) is 5.01. The van der Waals surface area contributed by atoms with Crippen LogP contribution in [0.15, 0.2) is 72.8 Å². The minimum absolute atomic E-state index is 0.307. The number of fused-ring (bicyclic) bond motifs is 4. The van der Waals surface area contributed by atoms with Gasteiger partial charge in [0.1, 0.15) is 5.52 Å². The van der Waals surface area contributed by atoms with E-state index in [1.165, 1.54) is 0 Å². The van der Waals surface area contributed by atoms with Crippen LogP contribution in [0.1, 0.15) is 23.3 Å². The van der Waals surface area contributed by atoms with E-state index in [1.807, 2.05) is 72.8 Å². The third kappa shape index (κ3) is 2.38. The molecule has 132 valence electrons. The number of para-hydroxylation sites is 1. The first-order chi connectivity index (χ1) is 13.2. The van der Waals surface area contributed by atoms with Gasteiger partial charge in [0, 0.05) is 0 Å². The molecule has 27 heavy (non-hydrogen) atoms. The average molecular weight is 357 g/mol. The van der Waals surface area contributed by atoms with Crippen LogP contribution >= 0.6 is 0 Å². The Bertz CT molecular complexity index is 1120. The maximum absolute atomic E-state index is 11.5. The molecule has 1 aromatic heterocycles.